The van der Waals surface area contributed by atoms with Gasteiger partial charge in [-0.25, -0.2) is 4.98 Å². The molecule has 3 aromatic rings. The van der Waals surface area contributed by atoms with Gasteiger partial charge in [0.2, 0.25) is 0 Å². The zero-order valence-electron chi connectivity index (χ0n) is 11.5. The molecule has 0 fully saturated rings. The molecule has 3 aromatic heterocycles. The van der Waals surface area contributed by atoms with Crippen LogP contribution in [0, 0.1) is 6.92 Å². The normalized spacial score (nSPS) is 11.0. The van der Waals surface area contributed by atoms with Crippen molar-refractivity contribution in [1.29, 1.82) is 0 Å². The van der Waals surface area contributed by atoms with Crippen molar-refractivity contribution in [2.75, 3.05) is 5.32 Å². The molecule has 0 spiro atoms. The monoisotopic (exact) mass is 303 g/mol. The van der Waals surface area contributed by atoms with Crippen LogP contribution in [-0.4, -0.2) is 26.1 Å². The average Bonchev–Trinajstić information content (AvgIpc) is 3.04. The van der Waals surface area contributed by atoms with Gasteiger partial charge in [0.05, 0.1) is 22.8 Å². The van der Waals surface area contributed by atoms with Crippen LogP contribution in [-0.2, 0) is 6.42 Å². The highest BCUT2D eigenvalue weighted by atomic mass is 32.1. The first-order chi connectivity index (χ1) is 10.1. The van der Waals surface area contributed by atoms with E-state index in [4.69, 9.17) is 0 Å². The summed E-state index contributed by atoms with van der Waals surface area (Å²) in [6.45, 7) is 3.73. The number of fused-ring (bicyclic) bond motifs is 1. The molecular weight excluding hydrogens is 290 g/mol. The number of aromatic nitrogens is 4. The number of carbonyl (C=O) groups is 1. The Morgan fingerprint density at radius 3 is 3.00 bits per heavy atom. The van der Waals surface area contributed by atoms with E-state index in [-0.39, 0.29) is 11.5 Å². The Bertz CT molecular complexity index is 876. The maximum absolute atomic E-state index is 12.4. The summed E-state index contributed by atoms with van der Waals surface area (Å²) >= 11 is 1.20. The van der Waals surface area contributed by atoms with Gasteiger partial charge >= 0.3 is 0 Å². The van der Waals surface area contributed by atoms with Crippen LogP contribution in [0.3, 0.4) is 0 Å². The Morgan fingerprint density at radius 2 is 2.29 bits per heavy atom. The molecule has 0 unspecified atom stereocenters. The Kier molecular flexibility index (Phi) is 3.30. The number of hydrogen-bond acceptors (Lipinski definition) is 5. The third-order valence-electron chi connectivity index (χ3n) is 3.28. The summed E-state index contributed by atoms with van der Waals surface area (Å²) in [6, 6.07) is 0. The van der Waals surface area contributed by atoms with Gasteiger partial charge in [-0.05, 0) is 18.9 Å². The lowest BCUT2D eigenvalue weighted by Crippen LogP contribution is -2.13. The Labute approximate surface area is 123 Å². The summed E-state index contributed by atoms with van der Waals surface area (Å²) in [4.78, 5) is 31.9. The van der Waals surface area contributed by atoms with Crippen LogP contribution in [0.25, 0.3) is 10.2 Å². The number of aryl methyl sites for hydroxylation is 2. The molecule has 0 saturated heterocycles. The summed E-state index contributed by atoms with van der Waals surface area (Å²) < 4.78 is 0. The van der Waals surface area contributed by atoms with Crippen molar-refractivity contribution in [3.8, 4) is 0 Å². The van der Waals surface area contributed by atoms with E-state index in [1.165, 1.54) is 17.7 Å². The Morgan fingerprint density at radius 1 is 1.48 bits per heavy atom. The fraction of sp³-hybridized carbons (Fsp3) is 0.231. The first kappa shape index (κ1) is 13.5. The van der Waals surface area contributed by atoms with Crippen LogP contribution in [0.1, 0.15) is 27.7 Å². The highest BCUT2D eigenvalue weighted by Gasteiger charge is 2.19. The number of rotatable bonds is 3. The van der Waals surface area contributed by atoms with Crippen LogP contribution in [0.5, 0.6) is 0 Å². The van der Waals surface area contributed by atoms with Gasteiger partial charge in [0.25, 0.3) is 11.5 Å². The number of amides is 1. The molecule has 0 radical (unpaired) electrons. The van der Waals surface area contributed by atoms with E-state index in [2.05, 4.69) is 25.5 Å². The third kappa shape index (κ3) is 2.23. The van der Waals surface area contributed by atoms with Gasteiger partial charge in [0.15, 0.2) is 0 Å². The lowest BCUT2D eigenvalue weighted by molar-refractivity contribution is 0.102. The van der Waals surface area contributed by atoms with Crippen molar-refractivity contribution in [3.63, 3.8) is 0 Å². The summed E-state index contributed by atoms with van der Waals surface area (Å²) in [5, 5.41) is 9.93. The van der Waals surface area contributed by atoms with E-state index in [1.54, 1.807) is 13.1 Å². The van der Waals surface area contributed by atoms with Gasteiger partial charge in [0.1, 0.15) is 10.6 Å². The van der Waals surface area contributed by atoms with Gasteiger partial charge in [0, 0.05) is 5.56 Å². The zero-order chi connectivity index (χ0) is 15.0. The summed E-state index contributed by atoms with van der Waals surface area (Å²) in [5.74, 6) is 0.315. The number of nitrogens with zero attached hydrogens (tertiary/aromatic N) is 2. The molecule has 21 heavy (non-hydrogen) atoms. The first-order valence-electron chi connectivity index (χ1n) is 6.42. The van der Waals surface area contributed by atoms with Gasteiger partial charge < -0.3 is 10.3 Å². The maximum Gasteiger partial charge on any atom is 0.267 e. The largest absolute Gasteiger partial charge is 0.313 e. The van der Waals surface area contributed by atoms with Crippen LogP contribution >= 0.6 is 11.3 Å². The van der Waals surface area contributed by atoms with Crippen LogP contribution in [0.4, 0.5) is 5.82 Å². The van der Waals surface area contributed by atoms with Crippen molar-refractivity contribution in [2.45, 2.75) is 20.3 Å². The highest BCUT2D eigenvalue weighted by molar-refractivity contribution is 7.20. The number of carbonyl (C=O) groups excluding carboxylic acids is 1. The molecular formula is C13H13N5O2S. The molecule has 8 heteroatoms. The number of anilines is 1. The zero-order valence-corrected chi connectivity index (χ0v) is 12.3. The Balaban J connectivity index is 2.01. The van der Waals surface area contributed by atoms with E-state index >= 15 is 0 Å². The highest BCUT2D eigenvalue weighted by Crippen LogP contribution is 2.27. The van der Waals surface area contributed by atoms with E-state index in [9.17, 15) is 9.59 Å². The van der Waals surface area contributed by atoms with Gasteiger partial charge in [-0.2, -0.15) is 5.10 Å². The minimum absolute atomic E-state index is 0.233. The Hall–Kier alpha value is -2.48. The van der Waals surface area contributed by atoms with E-state index in [1.807, 2.05) is 6.92 Å². The van der Waals surface area contributed by atoms with Crippen LogP contribution in [0.2, 0.25) is 0 Å². The molecule has 108 valence electrons. The molecule has 0 aromatic carbocycles. The van der Waals surface area contributed by atoms with Crippen molar-refractivity contribution in [3.05, 3.63) is 38.9 Å². The van der Waals surface area contributed by atoms with E-state index < -0.39 is 0 Å². The molecule has 3 heterocycles. The van der Waals surface area contributed by atoms with Gasteiger partial charge in [-0.1, -0.05) is 6.92 Å². The molecule has 0 aliphatic carbocycles. The average molecular weight is 303 g/mol. The molecule has 3 rings (SSSR count). The smallest absolute Gasteiger partial charge is 0.267 e. The fourth-order valence-electron chi connectivity index (χ4n) is 2.15. The molecule has 0 saturated carbocycles. The number of H-pyrrole nitrogens is 2. The topological polar surface area (TPSA) is 104 Å². The third-order valence-corrected chi connectivity index (χ3v) is 4.47. The van der Waals surface area contributed by atoms with Crippen molar-refractivity contribution in [1.82, 2.24) is 20.2 Å². The number of thiophene rings is 1. The summed E-state index contributed by atoms with van der Waals surface area (Å²) in [7, 11) is 0. The lowest BCUT2D eigenvalue weighted by Gasteiger charge is -2.03. The second kappa shape index (κ2) is 5.13. The number of nitrogens with one attached hydrogen (secondary N) is 3. The number of aromatic amines is 2. The fourth-order valence-corrected chi connectivity index (χ4v) is 3.20. The van der Waals surface area contributed by atoms with Crippen LogP contribution < -0.4 is 10.9 Å². The molecule has 0 aliphatic rings. The minimum atomic E-state index is -0.270. The second-order valence-electron chi connectivity index (χ2n) is 4.55. The van der Waals surface area contributed by atoms with Crippen molar-refractivity contribution < 1.29 is 4.79 Å². The molecule has 0 aliphatic heterocycles. The predicted molar refractivity (Wildman–Crippen MR) is 80.9 cm³/mol. The van der Waals surface area contributed by atoms with Crippen molar-refractivity contribution in [2.24, 2.45) is 0 Å². The van der Waals surface area contributed by atoms with Gasteiger partial charge in [-0.15, -0.1) is 11.3 Å². The standard InChI is InChI=1S/C13H13N5O2S/c1-3-7-4-16-18-10(7)17-12(20)9-6(2)8-11(19)14-5-15-13(8)21-9/h4-5H,3H2,1-2H3,(H,14,15,19)(H2,16,17,18,20). The van der Waals surface area contributed by atoms with Crippen LogP contribution in [0.15, 0.2) is 17.3 Å². The number of hydrogen-bond donors (Lipinski definition) is 3. The molecule has 3 N–H and O–H groups in total. The lowest BCUT2D eigenvalue weighted by atomic mass is 10.2. The van der Waals surface area contributed by atoms with Crippen molar-refractivity contribution >= 4 is 33.3 Å². The quantitative estimate of drug-likeness (QED) is 0.686. The molecule has 0 bridgehead atoms. The van der Waals surface area contributed by atoms with E-state index in [0.29, 0.717) is 26.5 Å². The predicted octanol–water partition coefficient (Wildman–Crippen LogP) is 1.83. The summed E-state index contributed by atoms with van der Waals surface area (Å²) in [6.07, 6.45) is 3.78. The van der Waals surface area contributed by atoms with Gasteiger partial charge in [-0.3, -0.25) is 14.7 Å². The SMILES string of the molecule is CCc1cn[nH]c1NC(=O)c1sc2nc[nH]c(=O)c2c1C. The molecule has 0 atom stereocenters. The van der Waals surface area contributed by atoms with E-state index in [0.717, 1.165) is 12.0 Å². The maximum atomic E-state index is 12.4. The summed E-state index contributed by atoms with van der Waals surface area (Å²) in [5.41, 5.74) is 1.33. The first-order valence-corrected chi connectivity index (χ1v) is 7.23. The second-order valence-corrected chi connectivity index (χ2v) is 5.54. The molecule has 7 nitrogen and oxygen atoms in total. The minimum Gasteiger partial charge on any atom is -0.313 e. The molecule has 1 amide bonds.